The molecule has 3 aromatic heterocycles. The van der Waals surface area contributed by atoms with Crippen LogP contribution in [0.1, 0.15) is 10.7 Å². The molecule has 24 heavy (non-hydrogen) atoms. The van der Waals surface area contributed by atoms with Crippen molar-refractivity contribution in [3.8, 4) is 11.3 Å². The lowest BCUT2D eigenvalue weighted by Crippen LogP contribution is -2.16. The maximum absolute atomic E-state index is 5.93. The molecule has 0 N–H and O–H groups in total. The minimum Gasteiger partial charge on any atom is -0.343 e. The van der Waals surface area contributed by atoms with Crippen LogP contribution in [0.4, 0.5) is 5.13 Å². The van der Waals surface area contributed by atoms with Crippen molar-refractivity contribution < 1.29 is 0 Å². The molecule has 0 aliphatic rings. The summed E-state index contributed by atoms with van der Waals surface area (Å²) in [5.74, 6) is 0. The van der Waals surface area contributed by atoms with Gasteiger partial charge in [0.2, 0.25) is 10.1 Å². The first kappa shape index (κ1) is 15.6. The molecule has 0 spiro atoms. The maximum atomic E-state index is 5.93. The number of anilines is 1. The van der Waals surface area contributed by atoms with Crippen LogP contribution in [0.25, 0.3) is 16.2 Å². The molecule has 3 heterocycles. The molecule has 8 heteroatoms. The number of hydrogen-bond acceptors (Lipinski definition) is 6. The van der Waals surface area contributed by atoms with Gasteiger partial charge in [0, 0.05) is 28.7 Å². The topological polar surface area (TPSA) is 46.3 Å². The number of thiazole rings is 1. The summed E-state index contributed by atoms with van der Waals surface area (Å²) in [4.78, 5) is 12.1. The van der Waals surface area contributed by atoms with E-state index in [0.717, 1.165) is 43.6 Å². The molecule has 0 saturated heterocycles. The van der Waals surface area contributed by atoms with E-state index in [4.69, 9.17) is 11.6 Å². The highest BCUT2D eigenvalue weighted by atomic mass is 35.5. The van der Waals surface area contributed by atoms with Gasteiger partial charge in [0.05, 0.1) is 18.4 Å². The first-order chi connectivity index (χ1) is 11.6. The van der Waals surface area contributed by atoms with E-state index in [1.165, 1.54) is 0 Å². The van der Waals surface area contributed by atoms with Crippen molar-refractivity contribution in [3.05, 3.63) is 51.6 Å². The summed E-state index contributed by atoms with van der Waals surface area (Å²) in [7, 11) is 2.02. The highest BCUT2D eigenvalue weighted by Gasteiger charge is 2.13. The average molecular weight is 376 g/mol. The third-order valence-corrected chi connectivity index (χ3v) is 5.78. The van der Waals surface area contributed by atoms with Gasteiger partial charge in [0.25, 0.3) is 0 Å². The van der Waals surface area contributed by atoms with Crippen LogP contribution < -0.4 is 4.90 Å². The zero-order valence-electron chi connectivity index (χ0n) is 13.1. The second kappa shape index (κ2) is 6.16. The Hall–Kier alpha value is -1.96. The molecule has 4 rings (SSSR count). The third-order valence-electron chi connectivity index (χ3n) is 3.54. The van der Waals surface area contributed by atoms with E-state index in [0.29, 0.717) is 0 Å². The number of fused-ring (bicyclic) bond motifs is 1. The number of benzene rings is 1. The van der Waals surface area contributed by atoms with Crippen LogP contribution in [0.15, 0.2) is 35.8 Å². The van der Waals surface area contributed by atoms with Gasteiger partial charge in [-0.25, -0.2) is 14.5 Å². The highest BCUT2D eigenvalue weighted by Crippen LogP contribution is 2.27. The quantitative estimate of drug-likeness (QED) is 0.526. The maximum Gasteiger partial charge on any atom is 0.214 e. The largest absolute Gasteiger partial charge is 0.343 e. The van der Waals surface area contributed by atoms with Crippen LogP contribution in [-0.4, -0.2) is 26.6 Å². The Kier molecular flexibility index (Phi) is 3.99. The number of imidazole rings is 1. The van der Waals surface area contributed by atoms with Gasteiger partial charge < -0.3 is 4.90 Å². The van der Waals surface area contributed by atoms with Crippen LogP contribution in [0.2, 0.25) is 5.02 Å². The molecule has 0 aliphatic carbocycles. The molecular formula is C16H14ClN5S2. The fourth-order valence-corrected chi connectivity index (χ4v) is 4.14. The molecular weight excluding hydrogens is 362 g/mol. The number of aryl methyl sites for hydroxylation is 1. The zero-order valence-corrected chi connectivity index (χ0v) is 15.5. The molecule has 0 saturated carbocycles. The molecule has 0 aliphatic heterocycles. The fourth-order valence-electron chi connectivity index (χ4n) is 2.35. The average Bonchev–Trinajstić information content (AvgIpc) is 3.22. The zero-order chi connectivity index (χ0) is 16.7. The predicted molar refractivity (Wildman–Crippen MR) is 100 cm³/mol. The molecule has 0 unspecified atom stereocenters. The van der Waals surface area contributed by atoms with Crippen molar-refractivity contribution in [2.45, 2.75) is 13.5 Å². The van der Waals surface area contributed by atoms with Gasteiger partial charge in [0.1, 0.15) is 5.01 Å². The summed E-state index contributed by atoms with van der Waals surface area (Å²) in [5.41, 5.74) is 2.99. The van der Waals surface area contributed by atoms with E-state index >= 15 is 0 Å². The van der Waals surface area contributed by atoms with Gasteiger partial charge in [-0.15, -0.1) is 16.4 Å². The third kappa shape index (κ3) is 3.02. The van der Waals surface area contributed by atoms with Crippen LogP contribution >= 0.6 is 34.3 Å². The van der Waals surface area contributed by atoms with Gasteiger partial charge >= 0.3 is 0 Å². The molecule has 0 amide bonds. The minimum atomic E-state index is 0.722. The Balaban J connectivity index is 1.58. The van der Waals surface area contributed by atoms with Crippen molar-refractivity contribution in [2.24, 2.45) is 0 Å². The Morgan fingerprint density at radius 1 is 1.21 bits per heavy atom. The first-order valence-electron chi connectivity index (χ1n) is 7.33. The summed E-state index contributed by atoms with van der Waals surface area (Å²) >= 11 is 9.18. The number of halogens is 1. The van der Waals surface area contributed by atoms with Gasteiger partial charge in [-0.3, -0.25) is 0 Å². The van der Waals surface area contributed by atoms with Crippen molar-refractivity contribution in [1.82, 2.24) is 19.6 Å². The lowest BCUT2D eigenvalue weighted by atomic mass is 10.2. The van der Waals surface area contributed by atoms with Gasteiger partial charge in [-0.2, -0.15) is 0 Å². The molecule has 0 bridgehead atoms. The summed E-state index contributed by atoms with van der Waals surface area (Å²) in [6.07, 6.45) is 1.94. The second-order valence-electron chi connectivity index (χ2n) is 5.48. The van der Waals surface area contributed by atoms with Crippen LogP contribution in [-0.2, 0) is 6.54 Å². The Morgan fingerprint density at radius 2 is 2.00 bits per heavy atom. The smallest absolute Gasteiger partial charge is 0.214 e. The molecule has 0 atom stereocenters. The molecule has 122 valence electrons. The first-order valence-corrected chi connectivity index (χ1v) is 9.40. The van der Waals surface area contributed by atoms with E-state index in [-0.39, 0.29) is 0 Å². The van der Waals surface area contributed by atoms with Gasteiger partial charge in [-0.1, -0.05) is 35.1 Å². The van der Waals surface area contributed by atoms with Crippen molar-refractivity contribution in [3.63, 3.8) is 0 Å². The molecule has 0 radical (unpaired) electrons. The van der Waals surface area contributed by atoms with Crippen molar-refractivity contribution >= 4 is 44.4 Å². The van der Waals surface area contributed by atoms with E-state index in [1.807, 2.05) is 48.9 Å². The van der Waals surface area contributed by atoms with Crippen molar-refractivity contribution in [2.75, 3.05) is 11.9 Å². The van der Waals surface area contributed by atoms with E-state index < -0.39 is 0 Å². The summed E-state index contributed by atoms with van der Waals surface area (Å²) < 4.78 is 1.83. The normalized spacial score (nSPS) is 11.3. The number of nitrogens with zero attached hydrogens (tertiary/aromatic N) is 5. The second-order valence-corrected chi connectivity index (χ2v) is 7.80. The Morgan fingerprint density at radius 3 is 2.67 bits per heavy atom. The lowest BCUT2D eigenvalue weighted by Gasteiger charge is -2.12. The molecule has 5 nitrogen and oxygen atoms in total. The predicted octanol–water partition coefficient (Wildman–Crippen LogP) is 4.51. The SMILES string of the molecule is Cc1csc(CN(C)c2nn3cc(-c4ccc(Cl)cc4)nc3s2)n1. The number of rotatable bonds is 4. The summed E-state index contributed by atoms with van der Waals surface area (Å²) in [6, 6.07) is 7.67. The van der Waals surface area contributed by atoms with E-state index in [9.17, 15) is 0 Å². The minimum absolute atomic E-state index is 0.722. The molecule has 4 aromatic rings. The Labute approximate surface area is 152 Å². The van der Waals surface area contributed by atoms with Gasteiger partial charge in [0.15, 0.2) is 0 Å². The van der Waals surface area contributed by atoms with E-state index in [1.54, 1.807) is 22.7 Å². The van der Waals surface area contributed by atoms with E-state index in [2.05, 4.69) is 25.3 Å². The van der Waals surface area contributed by atoms with Crippen LogP contribution in [0.5, 0.6) is 0 Å². The lowest BCUT2D eigenvalue weighted by molar-refractivity contribution is 0.861. The van der Waals surface area contributed by atoms with Gasteiger partial charge in [-0.05, 0) is 19.1 Å². The number of hydrogen-bond donors (Lipinski definition) is 0. The summed E-state index contributed by atoms with van der Waals surface area (Å²) in [6.45, 7) is 2.76. The van der Waals surface area contributed by atoms with Crippen molar-refractivity contribution in [1.29, 1.82) is 0 Å². The standard InChI is InChI=1S/C16H14ClN5S2/c1-10-9-23-14(18-10)8-21(2)16-20-22-7-13(19-15(22)24-16)11-3-5-12(17)6-4-11/h3-7,9H,8H2,1-2H3. The van der Waals surface area contributed by atoms with Crippen LogP contribution in [0.3, 0.4) is 0 Å². The molecule has 1 aromatic carbocycles. The van der Waals surface area contributed by atoms with Crippen LogP contribution in [0, 0.1) is 6.92 Å². The Bertz CT molecular complexity index is 954. The summed E-state index contributed by atoms with van der Waals surface area (Å²) in [5, 5.41) is 9.43. The highest BCUT2D eigenvalue weighted by molar-refractivity contribution is 7.20. The number of aromatic nitrogens is 4. The fraction of sp³-hybridized carbons (Fsp3) is 0.188. The monoisotopic (exact) mass is 375 g/mol. The molecule has 0 fully saturated rings.